The molecule has 1 aliphatic rings. The molecule has 2 rings (SSSR count). The first-order chi connectivity index (χ1) is 11.1. The molecule has 0 bridgehead atoms. The molecule has 1 heterocycles. The fourth-order valence-corrected chi connectivity index (χ4v) is 2.66. The van der Waals surface area contributed by atoms with E-state index in [4.69, 9.17) is 9.47 Å². The van der Waals surface area contributed by atoms with Crippen molar-refractivity contribution in [1.29, 1.82) is 0 Å². The lowest BCUT2D eigenvalue weighted by Gasteiger charge is -2.24. The number of rotatable bonds is 5. The summed E-state index contributed by atoms with van der Waals surface area (Å²) in [6.07, 6.45) is 3.14. The average molecular weight is 317 g/mol. The van der Waals surface area contributed by atoms with E-state index in [2.05, 4.69) is 6.58 Å². The molecule has 1 atom stereocenters. The Kier molecular flexibility index (Phi) is 5.93. The molecule has 5 nitrogen and oxygen atoms in total. The predicted octanol–water partition coefficient (Wildman–Crippen LogP) is 2.94. The number of fused-ring (bicyclic) bond motifs is 1. The lowest BCUT2D eigenvalue weighted by Crippen LogP contribution is -2.34. The van der Waals surface area contributed by atoms with E-state index < -0.39 is 5.97 Å². The van der Waals surface area contributed by atoms with Gasteiger partial charge in [0.05, 0.1) is 25.9 Å². The maximum Gasteiger partial charge on any atom is 0.337 e. The summed E-state index contributed by atoms with van der Waals surface area (Å²) in [6, 6.07) is 5.21. The van der Waals surface area contributed by atoms with Gasteiger partial charge in [0.1, 0.15) is 0 Å². The fraction of sp³-hybridized carbons (Fsp3) is 0.444. The van der Waals surface area contributed by atoms with Crippen LogP contribution in [0.25, 0.3) is 0 Å². The largest absolute Gasteiger partial charge is 0.465 e. The number of anilines is 1. The molecule has 1 aliphatic heterocycles. The molecule has 0 saturated heterocycles. The number of amides is 1. The van der Waals surface area contributed by atoms with Crippen LogP contribution >= 0.6 is 0 Å². The zero-order chi connectivity index (χ0) is 16.8. The van der Waals surface area contributed by atoms with Gasteiger partial charge in [0.15, 0.2) is 0 Å². The molecule has 124 valence electrons. The van der Waals surface area contributed by atoms with E-state index in [1.165, 1.54) is 7.11 Å². The highest BCUT2D eigenvalue weighted by Gasteiger charge is 2.23. The van der Waals surface area contributed by atoms with Crippen LogP contribution in [-0.4, -0.2) is 32.1 Å². The van der Waals surface area contributed by atoms with Crippen molar-refractivity contribution < 1.29 is 19.1 Å². The zero-order valence-electron chi connectivity index (χ0n) is 13.7. The maximum absolute atomic E-state index is 12.6. The van der Waals surface area contributed by atoms with E-state index in [1.807, 2.05) is 13.0 Å². The first-order valence-electron chi connectivity index (χ1n) is 7.82. The summed E-state index contributed by atoms with van der Waals surface area (Å²) in [5.41, 5.74) is 2.09. The second kappa shape index (κ2) is 7.92. The van der Waals surface area contributed by atoms with Crippen LogP contribution in [0.1, 0.15) is 35.7 Å². The van der Waals surface area contributed by atoms with Crippen LogP contribution in [0.4, 0.5) is 5.69 Å². The zero-order valence-corrected chi connectivity index (χ0v) is 13.7. The Bertz CT molecular complexity index is 597. The Labute approximate surface area is 136 Å². The third kappa shape index (κ3) is 3.99. The Morgan fingerprint density at radius 1 is 1.48 bits per heavy atom. The summed E-state index contributed by atoms with van der Waals surface area (Å²) in [4.78, 5) is 26.1. The fourth-order valence-electron chi connectivity index (χ4n) is 2.66. The van der Waals surface area contributed by atoms with Crippen molar-refractivity contribution in [3.8, 4) is 0 Å². The predicted molar refractivity (Wildman–Crippen MR) is 88.4 cm³/mol. The summed E-state index contributed by atoms with van der Waals surface area (Å²) in [5, 5.41) is 0. The Morgan fingerprint density at radius 3 is 2.91 bits per heavy atom. The lowest BCUT2D eigenvalue weighted by atomic mass is 10.0. The molecule has 0 fully saturated rings. The van der Waals surface area contributed by atoms with Crippen molar-refractivity contribution in [2.24, 2.45) is 5.92 Å². The SMILES string of the molecule is C=CC(CC)CC(=O)N1CCOCc2cc(C(=O)OC)ccc21. The minimum absolute atomic E-state index is 0.0503. The Hall–Kier alpha value is -2.14. The number of carbonyl (C=O) groups excluding carboxylic acids is 2. The topological polar surface area (TPSA) is 55.8 Å². The van der Waals surface area contributed by atoms with Crippen LogP contribution in [0.3, 0.4) is 0 Å². The quantitative estimate of drug-likeness (QED) is 0.619. The molecule has 1 unspecified atom stereocenters. The third-order valence-electron chi connectivity index (χ3n) is 4.10. The van der Waals surface area contributed by atoms with Crippen molar-refractivity contribution in [1.82, 2.24) is 0 Å². The van der Waals surface area contributed by atoms with E-state index in [0.717, 1.165) is 17.7 Å². The first-order valence-corrected chi connectivity index (χ1v) is 7.82. The van der Waals surface area contributed by atoms with Crippen LogP contribution in [0.15, 0.2) is 30.9 Å². The summed E-state index contributed by atoms with van der Waals surface area (Å²) in [7, 11) is 1.35. The molecule has 23 heavy (non-hydrogen) atoms. The highest BCUT2D eigenvalue weighted by Crippen LogP contribution is 2.27. The third-order valence-corrected chi connectivity index (χ3v) is 4.10. The molecule has 0 N–H and O–H groups in total. The molecule has 0 aromatic heterocycles. The van der Waals surface area contributed by atoms with Gasteiger partial charge in [-0.2, -0.15) is 0 Å². The minimum atomic E-state index is -0.396. The van der Waals surface area contributed by atoms with Crippen LogP contribution in [0.5, 0.6) is 0 Å². The monoisotopic (exact) mass is 317 g/mol. The molecule has 1 amide bonds. The molecule has 1 aromatic carbocycles. The highest BCUT2D eigenvalue weighted by molar-refractivity contribution is 5.96. The molecule has 0 radical (unpaired) electrons. The van der Waals surface area contributed by atoms with Gasteiger partial charge < -0.3 is 14.4 Å². The van der Waals surface area contributed by atoms with Crippen LogP contribution in [-0.2, 0) is 20.9 Å². The molecule has 5 heteroatoms. The van der Waals surface area contributed by atoms with E-state index in [9.17, 15) is 9.59 Å². The summed E-state index contributed by atoms with van der Waals surface area (Å²) in [5.74, 6) is -0.175. The number of methoxy groups -OCH3 is 1. The minimum Gasteiger partial charge on any atom is -0.465 e. The van der Waals surface area contributed by atoms with Gasteiger partial charge in [-0.3, -0.25) is 4.79 Å². The Balaban J connectivity index is 2.28. The molecule has 0 spiro atoms. The highest BCUT2D eigenvalue weighted by atomic mass is 16.5. The van der Waals surface area contributed by atoms with Crippen molar-refractivity contribution in [2.45, 2.75) is 26.4 Å². The molecule has 1 aromatic rings. The van der Waals surface area contributed by atoms with Gasteiger partial charge in [0.25, 0.3) is 0 Å². The second-order valence-electron chi connectivity index (χ2n) is 5.54. The number of hydrogen-bond acceptors (Lipinski definition) is 4. The van der Waals surface area contributed by atoms with Crippen molar-refractivity contribution in [2.75, 3.05) is 25.2 Å². The van der Waals surface area contributed by atoms with Crippen molar-refractivity contribution in [3.05, 3.63) is 42.0 Å². The second-order valence-corrected chi connectivity index (χ2v) is 5.54. The van der Waals surface area contributed by atoms with Gasteiger partial charge in [-0.25, -0.2) is 4.79 Å². The van der Waals surface area contributed by atoms with Crippen molar-refractivity contribution in [3.63, 3.8) is 0 Å². The first kappa shape index (κ1) is 17.2. The summed E-state index contributed by atoms with van der Waals surface area (Å²) < 4.78 is 10.3. The van der Waals surface area contributed by atoms with Gasteiger partial charge >= 0.3 is 5.97 Å². The standard InChI is InChI=1S/C18H23NO4/c1-4-13(5-2)10-17(20)19-8-9-23-12-15-11-14(18(21)22-3)6-7-16(15)19/h4,6-7,11,13H,1,5,8-10,12H2,2-3H3. The number of esters is 1. The molecule has 0 saturated carbocycles. The van der Waals surface area contributed by atoms with Crippen LogP contribution < -0.4 is 4.90 Å². The summed E-state index contributed by atoms with van der Waals surface area (Å²) >= 11 is 0. The number of nitrogens with zero attached hydrogens (tertiary/aromatic N) is 1. The molecule has 0 aliphatic carbocycles. The number of carbonyl (C=O) groups is 2. The maximum atomic E-state index is 12.6. The lowest BCUT2D eigenvalue weighted by molar-refractivity contribution is -0.119. The van der Waals surface area contributed by atoms with E-state index >= 15 is 0 Å². The molecular weight excluding hydrogens is 294 g/mol. The number of hydrogen-bond donors (Lipinski definition) is 0. The van der Waals surface area contributed by atoms with E-state index in [0.29, 0.717) is 31.7 Å². The average Bonchev–Trinajstić information content (AvgIpc) is 2.80. The number of benzene rings is 1. The van der Waals surface area contributed by atoms with Crippen LogP contribution in [0.2, 0.25) is 0 Å². The smallest absolute Gasteiger partial charge is 0.337 e. The van der Waals surface area contributed by atoms with Gasteiger partial charge in [0, 0.05) is 24.2 Å². The van der Waals surface area contributed by atoms with Crippen LogP contribution in [0, 0.1) is 5.92 Å². The van der Waals surface area contributed by atoms with Gasteiger partial charge in [-0.05, 0) is 30.5 Å². The van der Waals surface area contributed by atoms with Gasteiger partial charge in [-0.15, -0.1) is 6.58 Å². The number of allylic oxidation sites excluding steroid dienone is 1. The normalized spacial score (nSPS) is 15.3. The Morgan fingerprint density at radius 2 is 2.26 bits per heavy atom. The summed E-state index contributed by atoms with van der Waals surface area (Å²) in [6.45, 7) is 7.19. The number of ether oxygens (including phenoxy) is 2. The van der Waals surface area contributed by atoms with Gasteiger partial charge in [-0.1, -0.05) is 13.0 Å². The molecular formula is C18H23NO4. The van der Waals surface area contributed by atoms with Gasteiger partial charge in [0.2, 0.25) is 5.91 Å². The van der Waals surface area contributed by atoms with E-state index in [-0.39, 0.29) is 11.8 Å². The van der Waals surface area contributed by atoms with Crippen molar-refractivity contribution >= 4 is 17.6 Å². The van der Waals surface area contributed by atoms with E-state index in [1.54, 1.807) is 23.1 Å².